The van der Waals surface area contributed by atoms with Crippen LogP contribution in [0.15, 0.2) is 82.8 Å². The van der Waals surface area contributed by atoms with Crippen LogP contribution in [0.1, 0.15) is 56.5 Å². The summed E-state index contributed by atoms with van der Waals surface area (Å²) in [6.45, 7) is 10.5. The summed E-state index contributed by atoms with van der Waals surface area (Å²) in [6.07, 6.45) is 3.02. The van der Waals surface area contributed by atoms with Gasteiger partial charge in [0, 0.05) is 62.6 Å². The fraction of sp³-hybridized carbons (Fsp3) is 0.475. The number of ketones is 2. The number of carbonyl (C=O) groups excluding carboxylic acids is 5. The Balaban J connectivity index is 1.67. The Morgan fingerprint density at radius 1 is 1.06 bits per heavy atom. The van der Waals surface area contributed by atoms with Gasteiger partial charge in [-0.2, -0.15) is 0 Å². The second kappa shape index (κ2) is 19.6. The molecule has 6 atom stereocenters. The fourth-order valence-electron chi connectivity index (χ4n) is 6.69. The summed E-state index contributed by atoms with van der Waals surface area (Å²) in [6, 6.07) is 7.04. The Kier molecular flexibility index (Phi) is 15.2. The van der Waals surface area contributed by atoms with E-state index in [-0.39, 0.29) is 41.3 Å². The lowest BCUT2D eigenvalue weighted by molar-refractivity contribution is -0.120. The van der Waals surface area contributed by atoms with E-state index < -0.39 is 59.8 Å². The van der Waals surface area contributed by atoms with Gasteiger partial charge in [-0.25, -0.2) is 4.79 Å². The molecule has 1 aromatic carbocycles. The number of hydrogen-bond acceptors (Lipinski definition) is 11. The molecule has 54 heavy (non-hydrogen) atoms. The van der Waals surface area contributed by atoms with Gasteiger partial charge in [0.05, 0.1) is 36.8 Å². The standard InChI is InChI=1S/C40H52N4O10/c1-23-18-29-34(43-39(49)28-12-10-27(11-13-28)22-44-14-16-53-17-15-44)31(45)21-30(36(29)47)42-38(48)24(2)8-7-9-32(51-5)37(54-40(41)50)26(4)20-25(3)35(46)33(19-23)52-6/h7-13,20-21,23,25,32-33,35,37,46H,14-19,22H2,1-6H3,(H2,41,50)(H,42,48)(H,43,49)/b9-7-,24-8+,26-20+/t23-,25+,32+,33+,35-,37-/m1/s1. The Hall–Kier alpha value is -4.73. The van der Waals surface area contributed by atoms with Gasteiger partial charge in [0.2, 0.25) is 11.6 Å². The summed E-state index contributed by atoms with van der Waals surface area (Å²) >= 11 is 0. The highest BCUT2D eigenvalue weighted by molar-refractivity contribution is 6.24. The van der Waals surface area contributed by atoms with E-state index in [1.807, 2.05) is 19.1 Å². The van der Waals surface area contributed by atoms with Crippen LogP contribution in [0.25, 0.3) is 0 Å². The monoisotopic (exact) mass is 748 g/mol. The third kappa shape index (κ3) is 11.1. The summed E-state index contributed by atoms with van der Waals surface area (Å²) in [4.78, 5) is 68.6. The van der Waals surface area contributed by atoms with Crippen molar-refractivity contribution in [3.05, 3.63) is 93.9 Å². The Morgan fingerprint density at radius 2 is 1.74 bits per heavy atom. The number of hydrogen-bond donors (Lipinski definition) is 4. The molecule has 0 aromatic heterocycles. The molecule has 14 heteroatoms. The van der Waals surface area contributed by atoms with E-state index in [1.54, 1.807) is 38.1 Å². The Morgan fingerprint density at radius 3 is 2.37 bits per heavy atom. The average molecular weight is 749 g/mol. The number of morpholine rings is 1. The van der Waals surface area contributed by atoms with Gasteiger partial charge in [0.25, 0.3) is 11.8 Å². The summed E-state index contributed by atoms with van der Waals surface area (Å²) < 4.78 is 22.1. The van der Waals surface area contributed by atoms with Crippen LogP contribution >= 0.6 is 0 Å². The van der Waals surface area contributed by atoms with Gasteiger partial charge in [0.15, 0.2) is 6.10 Å². The molecule has 0 spiro atoms. The third-order valence-corrected chi connectivity index (χ3v) is 9.76. The zero-order chi connectivity index (χ0) is 39.5. The van der Waals surface area contributed by atoms with Crippen LogP contribution in [-0.4, -0.2) is 104 Å². The number of nitrogens with two attached hydrogens (primary N) is 1. The predicted octanol–water partition coefficient (Wildman–Crippen LogP) is 3.02. The van der Waals surface area contributed by atoms with Crippen LogP contribution in [0.5, 0.6) is 0 Å². The van der Waals surface area contributed by atoms with Crippen LogP contribution in [0.2, 0.25) is 0 Å². The second-order valence-corrected chi connectivity index (χ2v) is 14.0. The molecule has 1 fully saturated rings. The van der Waals surface area contributed by atoms with Gasteiger partial charge in [-0.15, -0.1) is 0 Å². The molecule has 3 aliphatic rings. The number of nitrogens with zero attached hydrogens (tertiary/aromatic N) is 1. The number of allylic oxidation sites excluding steroid dienone is 4. The van der Waals surface area contributed by atoms with E-state index in [2.05, 4.69) is 15.5 Å². The number of fused-ring (bicyclic) bond motifs is 2. The van der Waals surface area contributed by atoms with E-state index in [0.717, 1.165) is 24.7 Å². The normalized spacial score (nSPS) is 29.2. The average Bonchev–Trinajstić information content (AvgIpc) is 3.14. The molecule has 1 saturated heterocycles. The Labute approximate surface area is 316 Å². The smallest absolute Gasteiger partial charge is 0.405 e. The van der Waals surface area contributed by atoms with E-state index in [1.165, 1.54) is 33.3 Å². The number of aliphatic hydroxyl groups is 1. The molecular weight excluding hydrogens is 696 g/mol. The fourth-order valence-corrected chi connectivity index (χ4v) is 6.69. The highest BCUT2D eigenvalue weighted by Gasteiger charge is 2.34. The number of rotatable bonds is 7. The van der Waals surface area contributed by atoms with Gasteiger partial charge >= 0.3 is 6.09 Å². The van der Waals surface area contributed by atoms with Gasteiger partial charge in [-0.1, -0.05) is 50.3 Å². The van der Waals surface area contributed by atoms with Crippen LogP contribution in [0, 0.1) is 11.8 Å². The number of ether oxygens (including phenoxy) is 4. The first-order chi connectivity index (χ1) is 25.7. The number of aliphatic hydroxyl groups excluding tert-OH is 1. The first kappa shape index (κ1) is 42.0. The minimum absolute atomic E-state index is 0.0172. The van der Waals surface area contributed by atoms with Crippen LogP contribution in [0.4, 0.5) is 4.79 Å². The van der Waals surface area contributed by atoms with Crippen LogP contribution < -0.4 is 16.4 Å². The highest BCUT2D eigenvalue weighted by Crippen LogP contribution is 2.29. The van der Waals surface area contributed by atoms with Crippen molar-refractivity contribution in [2.45, 2.75) is 71.5 Å². The minimum atomic E-state index is -1.04. The van der Waals surface area contributed by atoms with E-state index in [0.29, 0.717) is 30.9 Å². The molecule has 2 heterocycles. The van der Waals surface area contributed by atoms with Gasteiger partial charge in [-0.05, 0) is 55.9 Å². The maximum absolute atomic E-state index is 14.0. The number of carbonyl (C=O) groups is 5. The summed E-state index contributed by atoms with van der Waals surface area (Å²) in [5.41, 5.74) is 7.04. The number of nitrogens with one attached hydrogen (secondary N) is 2. The molecule has 14 nitrogen and oxygen atoms in total. The van der Waals surface area contributed by atoms with Crippen molar-refractivity contribution in [2.75, 3.05) is 40.5 Å². The van der Waals surface area contributed by atoms with Crippen molar-refractivity contribution in [3.63, 3.8) is 0 Å². The van der Waals surface area contributed by atoms with Crippen molar-refractivity contribution < 1.29 is 48.0 Å². The number of benzene rings is 1. The zero-order valence-electron chi connectivity index (χ0n) is 31.8. The van der Waals surface area contributed by atoms with Crippen molar-refractivity contribution >= 4 is 29.5 Å². The lowest BCUT2D eigenvalue weighted by Gasteiger charge is -2.30. The van der Waals surface area contributed by atoms with Crippen molar-refractivity contribution in [1.82, 2.24) is 15.5 Å². The lowest BCUT2D eigenvalue weighted by Crippen LogP contribution is -2.38. The van der Waals surface area contributed by atoms with Crippen molar-refractivity contribution in [1.29, 1.82) is 0 Å². The van der Waals surface area contributed by atoms with Crippen LogP contribution in [0.3, 0.4) is 0 Å². The first-order valence-corrected chi connectivity index (χ1v) is 18.0. The molecule has 0 saturated carbocycles. The second-order valence-electron chi connectivity index (χ2n) is 14.0. The van der Waals surface area contributed by atoms with Gasteiger partial charge in [0.1, 0.15) is 6.10 Å². The zero-order valence-corrected chi connectivity index (χ0v) is 31.8. The SMILES string of the molecule is CO[C@H]1/C=C\C=C(/C)C(=O)NC2=CC(=O)C(NC(=O)c3ccc(CN4CCOCC4)cc3)=C(C[C@@H](C)C[C@H](OC)[C@H](O)[C@@H](C)/C=C(\C)[C@H]1OC(N)=O)C2=O. The highest BCUT2D eigenvalue weighted by atomic mass is 16.6. The number of primary amides is 1. The largest absolute Gasteiger partial charge is 0.439 e. The van der Waals surface area contributed by atoms with Gasteiger partial charge in [-0.3, -0.25) is 24.1 Å². The summed E-state index contributed by atoms with van der Waals surface area (Å²) in [5, 5.41) is 16.7. The maximum Gasteiger partial charge on any atom is 0.405 e. The minimum Gasteiger partial charge on any atom is -0.439 e. The molecule has 3 amide bonds. The maximum atomic E-state index is 14.0. The molecule has 1 aliphatic carbocycles. The molecule has 2 bridgehead atoms. The summed E-state index contributed by atoms with van der Waals surface area (Å²) in [7, 11) is 2.88. The number of amides is 3. The van der Waals surface area contributed by atoms with Crippen molar-refractivity contribution in [3.8, 4) is 0 Å². The molecule has 0 unspecified atom stereocenters. The quantitative estimate of drug-likeness (QED) is 0.237. The molecule has 0 radical (unpaired) electrons. The van der Waals surface area contributed by atoms with E-state index in [4.69, 9.17) is 24.7 Å². The first-order valence-electron chi connectivity index (χ1n) is 18.0. The number of methoxy groups -OCH3 is 2. The van der Waals surface area contributed by atoms with Gasteiger partial charge < -0.3 is 40.4 Å². The number of Topliss-reactive ketones (excluding diaryl/α,β-unsaturated/α-hetero) is 1. The molecule has 1 aromatic rings. The van der Waals surface area contributed by atoms with E-state index in [9.17, 15) is 29.1 Å². The van der Waals surface area contributed by atoms with Crippen LogP contribution in [-0.2, 0) is 39.9 Å². The molecule has 4 rings (SSSR count). The molecule has 5 N–H and O–H groups in total. The molecular formula is C40H52N4O10. The third-order valence-electron chi connectivity index (χ3n) is 9.76. The topological polar surface area (TPSA) is 196 Å². The Bertz CT molecular complexity index is 1720. The molecule has 292 valence electrons. The van der Waals surface area contributed by atoms with Crippen molar-refractivity contribution in [2.24, 2.45) is 17.6 Å². The summed E-state index contributed by atoms with van der Waals surface area (Å²) in [5.74, 6) is -3.35. The predicted molar refractivity (Wildman–Crippen MR) is 200 cm³/mol. The lowest BCUT2D eigenvalue weighted by atomic mass is 9.85. The van der Waals surface area contributed by atoms with E-state index >= 15 is 0 Å². The molecule has 2 aliphatic heterocycles.